The van der Waals surface area contributed by atoms with E-state index in [0.717, 1.165) is 28.6 Å². The highest BCUT2D eigenvalue weighted by molar-refractivity contribution is 8.00. The van der Waals surface area contributed by atoms with Crippen LogP contribution in [0.3, 0.4) is 0 Å². The second kappa shape index (κ2) is 9.32. The van der Waals surface area contributed by atoms with Gasteiger partial charge in [0.15, 0.2) is 0 Å². The first-order chi connectivity index (χ1) is 13.2. The number of anilines is 1. The van der Waals surface area contributed by atoms with Crippen LogP contribution >= 0.6 is 11.8 Å². The van der Waals surface area contributed by atoms with Gasteiger partial charge < -0.3 is 16.4 Å². The quantitative estimate of drug-likeness (QED) is 0.612. The third kappa shape index (κ3) is 5.53. The predicted octanol–water partition coefficient (Wildman–Crippen LogP) is 2.09. The van der Waals surface area contributed by atoms with E-state index in [0.29, 0.717) is 16.3 Å². The first kappa shape index (κ1) is 21.4. The Labute approximate surface area is 166 Å². The molecular weight excluding hydrogens is 383 g/mol. The van der Waals surface area contributed by atoms with Gasteiger partial charge >= 0.3 is 0 Å². The number of nitrogens with one attached hydrogen (secondary N) is 2. The Balaban J connectivity index is 1.91. The lowest BCUT2D eigenvalue weighted by atomic mass is 10.0. The first-order valence-corrected chi connectivity index (χ1v) is 9.40. The van der Waals surface area contributed by atoms with E-state index < -0.39 is 23.5 Å². The fraction of sp³-hybridized carbons (Fsp3) is 0.263. The van der Waals surface area contributed by atoms with Gasteiger partial charge in [0, 0.05) is 11.4 Å². The number of carbonyl (C=O) groups is 3. The van der Waals surface area contributed by atoms with Crippen LogP contribution in [-0.2, 0) is 9.59 Å². The lowest BCUT2D eigenvalue weighted by Gasteiger charge is -2.13. The average Bonchev–Trinajstić information content (AvgIpc) is 2.64. The lowest BCUT2D eigenvalue weighted by Crippen LogP contribution is -2.34. The summed E-state index contributed by atoms with van der Waals surface area (Å²) in [4.78, 5) is 40.0. The van der Waals surface area contributed by atoms with Gasteiger partial charge in [0.05, 0.1) is 17.9 Å². The van der Waals surface area contributed by atoms with E-state index in [-0.39, 0.29) is 12.3 Å². The summed E-state index contributed by atoms with van der Waals surface area (Å²) in [6.07, 6.45) is 0. The van der Waals surface area contributed by atoms with Crippen molar-refractivity contribution in [2.45, 2.75) is 25.8 Å². The van der Waals surface area contributed by atoms with Crippen molar-refractivity contribution in [2.75, 3.05) is 17.6 Å². The number of amides is 3. The molecular formula is C19H21FN4O3S. The van der Waals surface area contributed by atoms with Crippen molar-refractivity contribution in [1.82, 2.24) is 10.3 Å². The molecule has 3 amide bonds. The molecule has 28 heavy (non-hydrogen) atoms. The number of aryl methyl sites for hydroxylation is 1. The van der Waals surface area contributed by atoms with Crippen molar-refractivity contribution in [3.05, 3.63) is 52.5 Å². The normalized spacial score (nSPS) is 10.4. The van der Waals surface area contributed by atoms with Gasteiger partial charge in [-0.1, -0.05) is 11.8 Å². The highest BCUT2D eigenvalue weighted by Crippen LogP contribution is 2.26. The van der Waals surface area contributed by atoms with Crippen molar-refractivity contribution in [1.29, 1.82) is 0 Å². The Morgan fingerprint density at radius 3 is 2.32 bits per heavy atom. The highest BCUT2D eigenvalue weighted by Gasteiger charge is 2.18. The Hall–Kier alpha value is -2.94. The van der Waals surface area contributed by atoms with Crippen LogP contribution in [-0.4, -0.2) is 35.0 Å². The molecule has 0 spiro atoms. The van der Waals surface area contributed by atoms with Gasteiger partial charge in [-0.05, 0) is 56.2 Å². The average molecular weight is 404 g/mol. The number of primary amides is 1. The van der Waals surface area contributed by atoms with Crippen LogP contribution in [0.25, 0.3) is 0 Å². The third-order valence-corrected chi connectivity index (χ3v) is 5.10. The van der Waals surface area contributed by atoms with Crippen LogP contribution in [0.15, 0.2) is 29.3 Å². The maximum absolute atomic E-state index is 12.8. The molecule has 0 unspecified atom stereocenters. The van der Waals surface area contributed by atoms with E-state index in [1.54, 1.807) is 6.92 Å². The SMILES string of the molecule is Cc1nc(SCC(=O)NCC(=O)Nc2ccc(F)cc2)c(C(N)=O)c(C)c1C. The van der Waals surface area contributed by atoms with Gasteiger partial charge in [0.1, 0.15) is 10.8 Å². The Morgan fingerprint density at radius 1 is 1.07 bits per heavy atom. The molecule has 1 aromatic carbocycles. The topological polar surface area (TPSA) is 114 Å². The number of thioether (sulfide) groups is 1. The number of benzene rings is 1. The number of halogens is 1. The summed E-state index contributed by atoms with van der Waals surface area (Å²) < 4.78 is 12.8. The van der Waals surface area contributed by atoms with E-state index in [1.165, 1.54) is 24.3 Å². The highest BCUT2D eigenvalue weighted by atomic mass is 32.2. The maximum Gasteiger partial charge on any atom is 0.251 e. The fourth-order valence-corrected chi connectivity index (χ4v) is 3.38. The van der Waals surface area contributed by atoms with Crippen molar-refractivity contribution >= 4 is 35.2 Å². The van der Waals surface area contributed by atoms with E-state index in [4.69, 9.17) is 5.73 Å². The second-order valence-corrected chi connectivity index (χ2v) is 7.08. The molecule has 0 bridgehead atoms. The van der Waals surface area contributed by atoms with Crippen molar-refractivity contribution < 1.29 is 18.8 Å². The Morgan fingerprint density at radius 2 is 1.71 bits per heavy atom. The minimum atomic E-state index is -0.602. The van der Waals surface area contributed by atoms with E-state index >= 15 is 0 Å². The zero-order valence-corrected chi connectivity index (χ0v) is 16.6. The molecule has 2 rings (SSSR count). The largest absolute Gasteiger partial charge is 0.366 e. The maximum atomic E-state index is 12.8. The summed E-state index contributed by atoms with van der Waals surface area (Å²) >= 11 is 1.08. The number of hydrogen-bond acceptors (Lipinski definition) is 5. The van der Waals surface area contributed by atoms with E-state index in [9.17, 15) is 18.8 Å². The molecule has 0 aliphatic rings. The molecule has 2 aromatic rings. The van der Waals surface area contributed by atoms with Crippen LogP contribution in [0.1, 0.15) is 27.2 Å². The lowest BCUT2D eigenvalue weighted by molar-refractivity contribution is -0.122. The van der Waals surface area contributed by atoms with Crippen molar-refractivity contribution in [2.24, 2.45) is 5.73 Å². The smallest absolute Gasteiger partial charge is 0.251 e. The molecule has 0 fully saturated rings. The molecule has 7 nitrogen and oxygen atoms in total. The van der Waals surface area contributed by atoms with Crippen LogP contribution in [0.5, 0.6) is 0 Å². The summed E-state index contributed by atoms with van der Waals surface area (Å²) in [6.45, 7) is 5.22. The summed E-state index contributed by atoms with van der Waals surface area (Å²) in [6, 6.07) is 5.29. The van der Waals surface area contributed by atoms with Gasteiger partial charge in [0.2, 0.25) is 11.8 Å². The molecule has 0 atom stereocenters. The number of aromatic nitrogens is 1. The molecule has 0 aliphatic heterocycles. The molecule has 0 aliphatic carbocycles. The fourth-order valence-electron chi connectivity index (χ4n) is 2.41. The van der Waals surface area contributed by atoms with Crippen LogP contribution in [0.4, 0.5) is 10.1 Å². The third-order valence-electron chi connectivity index (χ3n) is 4.12. The molecule has 0 saturated carbocycles. The van der Waals surface area contributed by atoms with Gasteiger partial charge in [-0.25, -0.2) is 9.37 Å². The number of hydrogen-bond donors (Lipinski definition) is 3. The van der Waals surface area contributed by atoms with Crippen LogP contribution in [0.2, 0.25) is 0 Å². The van der Waals surface area contributed by atoms with Gasteiger partial charge in [-0.3, -0.25) is 14.4 Å². The van der Waals surface area contributed by atoms with Crippen LogP contribution < -0.4 is 16.4 Å². The minimum Gasteiger partial charge on any atom is -0.366 e. The number of rotatable bonds is 7. The Bertz CT molecular complexity index is 916. The van der Waals surface area contributed by atoms with Crippen molar-refractivity contribution in [3.63, 3.8) is 0 Å². The summed E-state index contributed by atoms with van der Waals surface area (Å²) in [5.41, 5.74) is 8.55. The van der Waals surface area contributed by atoms with Gasteiger partial charge in [0.25, 0.3) is 5.91 Å². The van der Waals surface area contributed by atoms with E-state index in [2.05, 4.69) is 15.6 Å². The Kier molecular flexibility index (Phi) is 7.11. The molecule has 0 saturated heterocycles. The monoisotopic (exact) mass is 404 g/mol. The summed E-state index contributed by atoms with van der Waals surface area (Å²) in [7, 11) is 0. The summed E-state index contributed by atoms with van der Waals surface area (Å²) in [5.74, 6) is -1.88. The summed E-state index contributed by atoms with van der Waals surface area (Å²) in [5, 5.41) is 5.41. The standard InChI is InChI=1S/C19H21FN4O3S/c1-10-11(2)17(18(21)27)19(23-12(10)3)28-9-16(26)22-8-15(25)24-14-6-4-13(20)5-7-14/h4-7H,8-9H2,1-3H3,(H2,21,27)(H,22,26)(H,24,25). The first-order valence-electron chi connectivity index (χ1n) is 8.41. The predicted molar refractivity (Wildman–Crippen MR) is 106 cm³/mol. The van der Waals surface area contributed by atoms with Crippen LogP contribution in [0, 0.1) is 26.6 Å². The van der Waals surface area contributed by atoms with Crippen molar-refractivity contribution in [3.8, 4) is 0 Å². The number of nitrogens with zero attached hydrogens (tertiary/aromatic N) is 1. The zero-order chi connectivity index (χ0) is 20.8. The second-order valence-electron chi connectivity index (χ2n) is 6.11. The molecule has 0 radical (unpaired) electrons. The molecule has 1 heterocycles. The number of pyridine rings is 1. The van der Waals surface area contributed by atoms with Gasteiger partial charge in [-0.15, -0.1) is 0 Å². The van der Waals surface area contributed by atoms with Gasteiger partial charge in [-0.2, -0.15) is 0 Å². The molecule has 1 aromatic heterocycles. The molecule has 9 heteroatoms. The minimum absolute atomic E-state index is 0.0287. The van der Waals surface area contributed by atoms with E-state index in [1.807, 2.05) is 13.8 Å². The molecule has 4 N–H and O–H groups in total. The zero-order valence-electron chi connectivity index (χ0n) is 15.8. The molecule has 148 valence electrons. The number of nitrogens with two attached hydrogens (primary N) is 1. The number of carbonyl (C=O) groups excluding carboxylic acids is 3.